The second-order valence-corrected chi connectivity index (χ2v) is 4.98. The Hall–Kier alpha value is -0.300. The molecule has 0 bridgehead atoms. The third-order valence-corrected chi connectivity index (χ3v) is 4.72. The molecule has 2 aliphatic carbocycles. The minimum atomic E-state index is -0.0765. The normalized spacial score (nSPS) is 52.2. The fraction of sp³-hybridized carbons (Fsp3) is 0.818. The van der Waals surface area contributed by atoms with Crippen LogP contribution in [0, 0.1) is 10.8 Å². The van der Waals surface area contributed by atoms with Crippen LogP contribution in [-0.4, -0.2) is 11.2 Å². The largest absolute Gasteiger partial charge is 0.393 e. The van der Waals surface area contributed by atoms with Crippen molar-refractivity contribution in [1.82, 2.24) is 0 Å². The molecular weight excluding hydrogens is 148 g/mol. The van der Waals surface area contributed by atoms with Crippen LogP contribution >= 0.6 is 0 Å². The molecule has 0 aromatic rings. The van der Waals surface area contributed by atoms with Crippen molar-refractivity contribution in [2.75, 3.05) is 0 Å². The molecule has 0 aromatic heterocycles. The van der Waals surface area contributed by atoms with Gasteiger partial charge in [0.2, 0.25) is 0 Å². The molecule has 12 heavy (non-hydrogen) atoms. The quantitative estimate of drug-likeness (QED) is 0.548. The zero-order chi connectivity index (χ0) is 9.15. The van der Waals surface area contributed by atoms with E-state index in [4.69, 9.17) is 0 Å². The van der Waals surface area contributed by atoms with E-state index in [2.05, 4.69) is 27.7 Å². The summed E-state index contributed by atoms with van der Waals surface area (Å²) in [6.07, 6.45) is 1.85. The maximum atomic E-state index is 9.65. The lowest BCUT2D eigenvalue weighted by Gasteiger charge is -2.53. The summed E-state index contributed by atoms with van der Waals surface area (Å²) in [5.41, 5.74) is 3.63. The van der Waals surface area contributed by atoms with Crippen molar-refractivity contribution in [3.8, 4) is 0 Å². The fourth-order valence-electron chi connectivity index (χ4n) is 3.36. The first kappa shape index (κ1) is 8.31. The van der Waals surface area contributed by atoms with E-state index in [9.17, 15) is 5.11 Å². The van der Waals surface area contributed by atoms with E-state index in [1.165, 1.54) is 11.1 Å². The van der Waals surface area contributed by atoms with Gasteiger partial charge in [0, 0.05) is 10.8 Å². The van der Waals surface area contributed by atoms with Crippen LogP contribution in [0.3, 0.4) is 0 Å². The molecule has 0 radical (unpaired) electrons. The molecule has 2 unspecified atom stereocenters. The zero-order valence-corrected chi connectivity index (χ0v) is 8.44. The minimum absolute atomic E-state index is 0.0765. The lowest BCUT2D eigenvalue weighted by molar-refractivity contribution is 0.142. The topological polar surface area (TPSA) is 20.2 Å². The second-order valence-electron chi connectivity index (χ2n) is 4.98. The van der Waals surface area contributed by atoms with Gasteiger partial charge < -0.3 is 5.11 Å². The lowest BCUT2D eigenvalue weighted by Crippen LogP contribution is -2.44. The number of aliphatic hydroxyl groups is 1. The van der Waals surface area contributed by atoms with E-state index in [1.807, 2.05) is 0 Å². The van der Waals surface area contributed by atoms with Crippen molar-refractivity contribution in [2.24, 2.45) is 10.8 Å². The standard InChI is InChI=1S/C11H18O/c1-7-8(2)11(4)6-9(12)5-10(7,11)3/h9,12H,5-6H2,1-4H3. The van der Waals surface area contributed by atoms with Gasteiger partial charge in [0.05, 0.1) is 6.10 Å². The molecule has 1 saturated carbocycles. The van der Waals surface area contributed by atoms with E-state index in [0.717, 1.165) is 12.8 Å². The SMILES string of the molecule is CC1=C(C)C2(C)CC(O)CC12C. The van der Waals surface area contributed by atoms with Crippen molar-refractivity contribution in [1.29, 1.82) is 0 Å². The smallest absolute Gasteiger partial charge is 0.0557 e. The monoisotopic (exact) mass is 166 g/mol. The average Bonchev–Trinajstić information content (AvgIpc) is 2.20. The third kappa shape index (κ3) is 0.610. The molecule has 0 heterocycles. The molecule has 0 spiro atoms. The Bertz CT molecular complexity index is 240. The number of hydrogen-bond donors (Lipinski definition) is 1. The van der Waals surface area contributed by atoms with Gasteiger partial charge in [-0.3, -0.25) is 0 Å². The van der Waals surface area contributed by atoms with Gasteiger partial charge in [0.15, 0.2) is 0 Å². The van der Waals surface area contributed by atoms with Crippen molar-refractivity contribution in [3.05, 3.63) is 11.1 Å². The Balaban J connectivity index is 2.44. The van der Waals surface area contributed by atoms with Gasteiger partial charge >= 0.3 is 0 Å². The van der Waals surface area contributed by atoms with Gasteiger partial charge in [-0.25, -0.2) is 0 Å². The molecule has 0 aromatic carbocycles. The van der Waals surface area contributed by atoms with Crippen molar-refractivity contribution >= 4 is 0 Å². The highest BCUT2D eigenvalue weighted by Crippen LogP contribution is 2.68. The molecule has 0 aliphatic heterocycles. The number of fused-ring (bicyclic) bond motifs is 1. The van der Waals surface area contributed by atoms with Crippen LogP contribution in [0.4, 0.5) is 0 Å². The average molecular weight is 166 g/mol. The molecule has 2 rings (SSSR count). The molecule has 0 saturated heterocycles. The first-order chi connectivity index (χ1) is 5.42. The van der Waals surface area contributed by atoms with Crippen LogP contribution in [0.5, 0.6) is 0 Å². The van der Waals surface area contributed by atoms with Crippen LogP contribution < -0.4 is 0 Å². The molecule has 2 aliphatic rings. The van der Waals surface area contributed by atoms with Crippen LogP contribution in [0.2, 0.25) is 0 Å². The molecule has 68 valence electrons. The predicted octanol–water partition coefficient (Wildman–Crippen LogP) is 2.50. The summed E-state index contributed by atoms with van der Waals surface area (Å²) in [5.74, 6) is 0. The first-order valence-electron chi connectivity index (χ1n) is 4.78. The van der Waals surface area contributed by atoms with Gasteiger partial charge in [0.25, 0.3) is 0 Å². The fourth-order valence-corrected chi connectivity index (χ4v) is 3.36. The van der Waals surface area contributed by atoms with Crippen molar-refractivity contribution in [3.63, 3.8) is 0 Å². The van der Waals surface area contributed by atoms with E-state index < -0.39 is 0 Å². The van der Waals surface area contributed by atoms with E-state index in [-0.39, 0.29) is 6.10 Å². The van der Waals surface area contributed by atoms with Crippen molar-refractivity contribution in [2.45, 2.75) is 46.6 Å². The Morgan fingerprint density at radius 2 is 1.42 bits per heavy atom. The molecule has 0 amide bonds. The third-order valence-electron chi connectivity index (χ3n) is 4.72. The van der Waals surface area contributed by atoms with Gasteiger partial charge in [-0.1, -0.05) is 25.0 Å². The number of hydrogen-bond acceptors (Lipinski definition) is 1. The Morgan fingerprint density at radius 3 is 1.75 bits per heavy atom. The predicted molar refractivity (Wildman–Crippen MR) is 49.8 cm³/mol. The Morgan fingerprint density at radius 1 is 1.08 bits per heavy atom. The zero-order valence-electron chi connectivity index (χ0n) is 8.44. The summed E-state index contributed by atoms with van der Waals surface area (Å²) in [5, 5.41) is 9.65. The highest BCUT2D eigenvalue weighted by atomic mass is 16.3. The van der Waals surface area contributed by atoms with Gasteiger partial charge in [0.1, 0.15) is 0 Å². The van der Waals surface area contributed by atoms with Crippen LogP contribution in [0.1, 0.15) is 40.5 Å². The Labute approximate surface area is 74.5 Å². The summed E-state index contributed by atoms with van der Waals surface area (Å²) in [6.45, 7) is 9.03. The van der Waals surface area contributed by atoms with Crippen LogP contribution in [0.25, 0.3) is 0 Å². The lowest BCUT2D eigenvalue weighted by atomic mass is 9.50. The van der Waals surface area contributed by atoms with Gasteiger partial charge in [-0.2, -0.15) is 0 Å². The first-order valence-corrected chi connectivity index (χ1v) is 4.78. The number of aliphatic hydroxyl groups excluding tert-OH is 1. The molecule has 2 atom stereocenters. The van der Waals surface area contributed by atoms with Crippen LogP contribution in [-0.2, 0) is 0 Å². The highest BCUT2D eigenvalue weighted by Gasteiger charge is 2.60. The summed E-state index contributed by atoms with van der Waals surface area (Å²) in [4.78, 5) is 0. The number of rotatable bonds is 0. The molecule has 1 nitrogen and oxygen atoms in total. The van der Waals surface area contributed by atoms with Gasteiger partial charge in [-0.05, 0) is 26.7 Å². The minimum Gasteiger partial charge on any atom is -0.393 e. The van der Waals surface area contributed by atoms with E-state index in [0.29, 0.717) is 10.8 Å². The molecular formula is C11H18O. The number of allylic oxidation sites excluding steroid dienone is 2. The van der Waals surface area contributed by atoms with E-state index in [1.54, 1.807) is 0 Å². The summed E-state index contributed by atoms with van der Waals surface area (Å²) in [6, 6.07) is 0. The maximum Gasteiger partial charge on any atom is 0.0557 e. The summed E-state index contributed by atoms with van der Waals surface area (Å²) in [7, 11) is 0. The van der Waals surface area contributed by atoms with Crippen LogP contribution in [0.15, 0.2) is 11.1 Å². The van der Waals surface area contributed by atoms with E-state index >= 15 is 0 Å². The highest BCUT2D eigenvalue weighted by molar-refractivity contribution is 5.42. The summed E-state index contributed by atoms with van der Waals surface area (Å²) < 4.78 is 0. The molecule has 1 fully saturated rings. The molecule has 1 heteroatoms. The summed E-state index contributed by atoms with van der Waals surface area (Å²) >= 11 is 0. The molecule has 1 N–H and O–H groups in total. The Kier molecular flexibility index (Phi) is 1.35. The van der Waals surface area contributed by atoms with Gasteiger partial charge in [-0.15, -0.1) is 0 Å². The maximum absolute atomic E-state index is 9.65. The second kappa shape index (κ2) is 1.95. The van der Waals surface area contributed by atoms with Crippen molar-refractivity contribution < 1.29 is 5.11 Å².